The van der Waals surface area contributed by atoms with E-state index in [9.17, 15) is 8.42 Å². The zero-order chi connectivity index (χ0) is 11.6. The highest BCUT2D eigenvalue weighted by molar-refractivity contribution is 7.89. The molecular formula is C10H12ClNO3S. The number of benzene rings is 1. The summed E-state index contributed by atoms with van der Waals surface area (Å²) in [5.74, 6) is 0. The second-order valence-electron chi connectivity index (χ2n) is 3.58. The van der Waals surface area contributed by atoms with E-state index in [1.54, 1.807) is 12.1 Å². The Hall–Kier alpha value is -0.620. The molecule has 16 heavy (non-hydrogen) atoms. The topological polar surface area (TPSA) is 55.4 Å². The van der Waals surface area contributed by atoms with Gasteiger partial charge in [0, 0.05) is 11.6 Å². The zero-order valence-corrected chi connectivity index (χ0v) is 10.1. The van der Waals surface area contributed by atoms with Crippen LogP contribution < -0.4 is 4.72 Å². The quantitative estimate of drug-likeness (QED) is 0.902. The SMILES string of the molecule is O=S(=O)(NC1CCCO1)c1ccc(Cl)cc1. The van der Waals surface area contributed by atoms with Crippen molar-refractivity contribution in [3.8, 4) is 0 Å². The molecule has 1 aromatic rings. The van der Waals surface area contributed by atoms with E-state index < -0.39 is 16.3 Å². The molecule has 6 heteroatoms. The average molecular weight is 262 g/mol. The van der Waals surface area contributed by atoms with Gasteiger partial charge in [-0.2, -0.15) is 4.72 Å². The van der Waals surface area contributed by atoms with Gasteiger partial charge in [-0.05, 0) is 37.1 Å². The lowest BCUT2D eigenvalue weighted by molar-refractivity contribution is 0.103. The fraction of sp³-hybridized carbons (Fsp3) is 0.400. The average Bonchev–Trinajstić information content (AvgIpc) is 2.70. The Kier molecular flexibility index (Phi) is 3.49. The normalized spacial score (nSPS) is 21.2. The number of sulfonamides is 1. The van der Waals surface area contributed by atoms with Crippen molar-refractivity contribution in [2.75, 3.05) is 6.61 Å². The molecule has 1 N–H and O–H groups in total. The van der Waals surface area contributed by atoms with Crippen LogP contribution >= 0.6 is 11.6 Å². The van der Waals surface area contributed by atoms with E-state index in [-0.39, 0.29) is 4.90 Å². The summed E-state index contributed by atoms with van der Waals surface area (Å²) in [6, 6.07) is 6.04. The molecule has 0 aromatic heterocycles. The summed E-state index contributed by atoms with van der Waals surface area (Å²) >= 11 is 5.69. The third kappa shape index (κ3) is 2.74. The molecule has 88 valence electrons. The molecule has 1 aliphatic heterocycles. The first-order valence-electron chi connectivity index (χ1n) is 4.97. The van der Waals surface area contributed by atoms with E-state index in [0.717, 1.165) is 6.42 Å². The summed E-state index contributed by atoms with van der Waals surface area (Å²) in [5, 5.41) is 0.510. The molecular weight excluding hydrogens is 250 g/mol. The molecule has 0 radical (unpaired) electrons. The maximum atomic E-state index is 11.9. The fourth-order valence-electron chi connectivity index (χ4n) is 1.53. The third-order valence-electron chi connectivity index (χ3n) is 2.34. The van der Waals surface area contributed by atoms with Gasteiger partial charge in [0.25, 0.3) is 0 Å². The monoisotopic (exact) mass is 261 g/mol. The Morgan fingerprint density at radius 3 is 2.56 bits per heavy atom. The van der Waals surface area contributed by atoms with Gasteiger partial charge < -0.3 is 4.74 Å². The van der Waals surface area contributed by atoms with E-state index >= 15 is 0 Å². The van der Waals surface area contributed by atoms with Crippen molar-refractivity contribution in [2.24, 2.45) is 0 Å². The van der Waals surface area contributed by atoms with Gasteiger partial charge in [0.15, 0.2) is 0 Å². The lowest BCUT2D eigenvalue weighted by Gasteiger charge is -2.12. The van der Waals surface area contributed by atoms with Crippen molar-refractivity contribution in [2.45, 2.75) is 24.0 Å². The van der Waals surface area contributed by atoms with Crippen LogP contribution in [0.2, 0.25) is 5.02 Å². The van der Waals surface area contributed by atoms with E-state index in [0.29, 0.717) is 18.1 Å². The van der Waals surface area contributed by atoms with Crippen LogP contribution in [0.4, 0.5) is 0 Å². The van der Waals surface area contributed by atoms with Gasteiger partial charge in [-0.15, -0.1) is 0 Å². The summed E-state index contributed by atoms with van der Waals surface area (Å²) in [6.07, 6.45) is 1.20. The first-order valence-corrected chi connectivity index (χ1v) is 6.83. The smallest absolute Gasteiger partial charge is 0.242 e. The van der Waals surface area contributed by atoms with E-state index in [4.69, 9.17) is 16.3 Å². The number of nitrogens with one attached hydrogen (secondary N) is 1. The van der Waals surface area contributed by atoms with Crippen LogP contribution in [-0.4, -0.2) is 21.3 Å². The van der Waals surface area contributed by atoms with E-state index in [2.05, 4.69) is 4.72 Å². The maximum absolute atomic E-state index is 11.9. The van der Waals surface area contributed by atoms with Gasteiger partial charge in [0.2, 0.25) is 10.0 Å². The molecule has 0 bridgehead atoms. The van der Waals surface area contributed by atoms with Crippen molar-refractivity contribution in [1.82, 2.24) is 4.72 Å². The summed E-state index contributed by atoms with van der Waals surface area (Å²) in [4.78, 5) is 0.201. The number of hydrogen-bond acceptors (Lipinski definition) is 3. The largest absolute Gasteiger partial charge is 0.362 e. The fourth-order valence-corrected chi connectivity index (χ4v) is 2.81. The number of halogens is 1. The standard InChI is InChI=1S/C10H12ClNO3S/c11-8-3-5-9(6-4-8)16(13,14)12-10-2-1-7-15-10/h3-6,10,12H,1-2,7H2. The maximum Gasteiger partial charge on any atom is 0.242 e. The second kappa shape index (κ2) is 4.71. The highest BCUT2D eigenvalue weighted by Gasteiger charge is 2.23. The molecule has 4 nitrogen and oxygen atoms in total. The molecule has 0 spiro atoms. The van der Waals surface area contributed by atoms with Gasteiger partial charge in [0.1, 0.15) is 6.23 Å². The third-order valence-corrected chi connectivity index (χ3v) is 4.06. The summed E-state index contributed by atoms with van der Waals surface area (Å²) < 4.78 is 31.4. The highest BCUT2D eigenvalue weighted by Crippen LogP contribution is 2.16. The first kappa shape index (κ1) is 11.9. The van der Waals surface area contributed by atoms with Crippen LogP contribution in [0.3, 0.4) is 0 Å². The van der Waals surface area contributed by atoms with Crippen LogP contribution in [0.1, 0.15) is 12.8 Å². The molecule has 1 aliphatic rings. The molecule has 2 rings (SSSR count). The van der Waals surface area contributed by atoms with Crippen LogP contribution in [0.25, 0.3) is 0 Å². The van der Waals surface area contributed by atoms with Crippen molar-refractivity contribution in [1.29, 1.82) is 0 Å². The highest BCUT2D eigenvalue weighted by atomic mass is 35.5. The molecule has 1 fully saturated rings. The van der Waals surface area contributed by atoms with Crippen molar-refractivity contribution < 1.29 is 13.2 Å². The Balaban J connectivity index is 2.14. The number of hydrogen-bond donors (Lipinski definition) is 1. The summed E-state index contributed by atoms with van der Waals surface area (Å²) in [6.45, 7) is 0.605. The van der Waals surface area contributed by atoms with Crippen molar-refractivity contribution in [3.05, 3.63) is 29.3 Å². The Morgan fingerprint density at radius 2 is 2.00 bits per heavy atom. The Morgan fingerprint density at radius 1 is 1.31 bits per heavy atom. The minimum absolute atomic E-state index is 0.201. The number of rotatable bonds is 3. The molecule has 1 aromatic carbocycles. The molecule has 0 aliphatic carbocycles. The predicted octanol–water partition coefficient (Wildman–Crippen LogP) is 1.75. The van der Waals surface area contributed by atoms with E-state index in [1.807, 2.05) is 0 Å². The molecule has 0 saturated carbocycles. The molecule has 1 unspecified atom stereocenters. The summed E-state index contributed by atoms with van der Waals surface area (Å²) in [5.41, 5.74) is 0. The van der Waals surface area contributed by atoms with Gasteiger partial charge in [0.05, 0.1) is 4.90 Å². The zero-order valence-electron chi connectivity index (χ0n) is 8.52. The predicted molar refractivity (Wildman–Crippen MR) is 60.7 cm³/mol. The Bertz CT molecular complexity index is 451. The molecule has 1 saturated heterocycles. The van der Waals surface area contributed by atoms with Gasteiger partial charge >= 0.3 is 0 Å². The lowest BCUT2D eigenvalue weighted by Crippen LogP contribution is -2.34. The van der Waals surface area contributed by atoms with Crippen molar-refractivity contribution in [3.63, 3.8) is 0 Å². The van der Waals surface area contributed by atoms with Gasteiger partial charge in [-0.1, -0.05) is 11.6 Å². The molecule has 1 heterocycles. The molecule has 1 atom stereocenters. The van der Waals surface area contributed by atoms with Crippen LogP contribution in [0, 0.1) is 0 Å². The van der Waals surface area contributed by atoms with Crippen molar-refractivity contribution >= 4 is 21.6 Å². The minimum atomic E-state index is -3.49. The van der Waals surface area contributed by atoms with Gasteiger partial charge in [-0.25, -0.2) is 8.42 Å². The molecule has 0 amide bonds. The number of ether oxygens (including phenoxy) is 1. The Labute approximate surface area is 99.6 Å². The van der Waals surface area contributed by atoms with Gasteiger partial charge in [-0.3, -0.25) is 0 Å². The summed E-state index contributed by atoms with van der Waals surface area (Å²) in [7, 11) is -3.49. The minimum Gasteiger partial charge on any atom is -0.362 e. The second-order valence-corrected chi connectivity index (χ2v) is 5.73. The first-order chi connectivity index (χ1) is 7.58. The van der Waals surface area contributed by atoms with E-state index in [1.165, 1.54) is 12.1 Å². The van der Waals surface area contributed by atoms with Crippen LogP contribution in [0.15, 0.2) is 29.2 Å². The van der Waals surface area contributed by atoms with Crippen LogP contribution in [0.5, 0.6) is 0 Å². The lowest BCUT2D eigenvalue weighted by atomic mass is 10.3. The van der Waals surface area contributed by atoms with Crippen LogP contribution in [-0.2, 0) is 14.8 Å².